The van der Waals surface area contributed by atoms with Crippen molar-refractivity contribution in [2.45, 2.75) is 12.8 Å². The molecule has 5 nitrogen and oxygen atoms in total. The van der Waals surface area contributed by atoms with E-state index in [0.29, 0.717) is 12.5 Å². The van der Waals surface area contributed by atoms with Gasteiger partial charge in [0.15, 0.2) is 0 Å². The van der Waals surface area contributed by atoms with Crippen molar-refractivity contribution >= 4 is 5.91 Å². The van der Waals surface area contributed by atoms with Gasteiger partial charge in [-0.3, -0.25) is 4.79 Å². The molecule has 0 saturated carbocycles. The van der Waals surface area contributed by atoms with Crippen LogP contribution in [-0.2, 0) is 0 Å². The minimum Gasteiger partial charge on any atom is -0.508 e. The number of amides is 1. The number of rotatable bonds is 3. The first-order valence-electron chi connectivity index (χ1n) is 6.17. The Morgan fingerprint density at radius 1 is 1.22 bits per heavy atom. The summed E-state index contributed by atoms with van der Waals surface area (Å²) in [6, 6.07) is 3.89. The monoisotopic (exact) mass is 250 g/mol. The Morgan fingerprint density at radius 3 is 2.44 bits per heavy atom. The number of hydrogen-bond donors (Lipinski definition) is 4. The summed E-state index contributed by atoms with van der Waals surface area (Å²) in [5.74, 6) is 0.0184. The number of phenolic OH excluding ortho intramolecular Hbond substituents is 2. The lowest BCUT2D eigenvalue weighted by atomic mass is 9.98. The Bertz CT molecular complexity index is 408. The van der Waals surface area contributed by atoms with Gasteiger partial charge in [-0.15, -0.1) is 0 Å². The van der Waals surface area contributed by atoms with Crippen LogP contribution >= 0.6 is 0 Å². The van der Waals surface area contributed by atoms with Crippen molar-refractivity contribution in [2.75, 3.05) is 19.6 Å². The van der Waals surface area contributed by atoms with E-state index in [0.717, 1.165) is 25.9 Å². The van der Waals surface area contributed by atoms with Gasteiger partial charge < -0.3 is 20.8 Å². The molecule has 18 heavy (non-hydrogen) atoms. The minimum atomic E-state index is -0.264. The molecule has 0 spiro atoms. The molecule has 1 aromatic rings. The fourth-order valence-electron chi connectivity index (χ4n) is 2.15. The van der Waals surface area contributed by atoms with Crippen LogP contribution in [0.4, 0.5) is 0 Å². The number of aromatic hydroxyl groups is 2. The van der Waals surface area contributed by atoms with Crippen LogP contribution in [0.2, 0.25) is 0 Å². The Labute approximate surface area is 106 Å². The summed E-state index contributed by atoms with van der Waals surface area (Å²) in [5, 5.41) is 24.7. The van der Waals surface area contributed by atoms with Crippen molar-refractivity contribution in [3.05, 3.63) is 23.8 Å². The van der Waals surface area contributed by atoms with Gasteiger partial charge in [-0.1, -0.05) is 0 Å². The lowest BCUT2D eigenvalue weighted by Gasteiger charge is -2.22. The van der Waals surface area contributed by atoms with Crippen LogP contribution in [0.3, 0.4) is 0 Å². The van der Waals surface area contributed by atoms with E-state index in [1.807, 2.05) is 0 Å². The molecule has 1 aliphatic heterocycles. The highest BCUT2D eigenvalue weighted by atomic mass is 16.3. The molecule has 1 amide bonds. The van der Waals surface area contributed by atoms with E-state index in [1.165, 1.54) is 18.2 Å². The maximum Gasteiger partial charge on any atom is 0.251 e. The summed E-state index contributed by atoms with van der Waals surface area (Å²) in [6.07, 6.45) is 2.12. The Kier molecular flexibility index (Phi) is 4.04. The average Bonchev–Trinajstić information content (AvgIpc) is 2.36. The summed E-state index contributed by atoms with van der Waals surface area (Å²) in [4.78, 5) is 11.8. The summed E-state index contributed by atoms with van der Waals surface area (Å²) in [6.45, 7) is 2.62. The van der Waals surface area contributed by atoms with Crippen LogP contribution in [0.25, 0.3) is 0 Å². The maximum atomic E-state index is 11.8. The molecule has 0 aromatic heterocycles. The zero-order valence-corrected chi connectivity index (χ0v) is 10.1. The summed E-state index contributed by atoms with van der Waals surface area (Å²) in [5.41, 5.74) is 0.279. The third-order valence-corrected chi connectivity index (χ3v) is 3.17. The van der Waals surface area contributed by atoms with Crippen LogP contribution in [0, 0.1) is 5.92 Å². The zero-order chi connectivity index (χ0) is 13.0. The molecule has 1 heterocycles. The predicted molar refractivity (Wildman–Crippen MR) is 67.7 cm³/mol. The number of carbonyl (C=O) groups excluding carboxylic acids is 1. The molecule has 1 saturated heterocycles. The average molecular weight is 250 g/mol. The lowest BCUT2D eigenvalue weighted by Crippen LogP contribution is -2.35. The second-order valence-electron chi connectivity index (χ2n) is 4.64. The molecule has 5 heteroatoms. The molecule has 1 aliphatic rings. The van der Waals surface area contributed by atoms with Crippen molar-refractivity contribution in [3.8, 4) is 11.5 Å². The lowest BCUT2D eigenvalue weighted by molar-refractivity contribution is 0.0943. The van der Waals surface area contributed by atoms with E-state index in [-0.39, 0.29) is 23.0 Å². The molecule has 0 radical (unpaired) electrons. The molecule has 0 unspecified atom stereocenters. The summed E-state index contributed by atoms with van der Waals surface area (Å²) < 4.78 is 0. The topological polar surface area (TPSA) is 81.6 Å². The van der Waals surface area contributed by atoms with Crippen molar-refractivity contribution < 1.29 is 15.0 Å². The fraction of sp³-hybridized carbons (Fsp3) is 0.462. The zero-order valence-electron chi connectivity index (χ0n) is 10.1. The highest BCUT2D eigenvalue weighted by Crippen LogP contribution is 2.20. The molecular formula is C13H18N2O3. The summed E-state index contributed by atoms with van der Waals surface area (Å²) >= 11 is 0. The number of carbonyl (C=O) groups is 1. The van der Waals surface area contributed by atoms with E-state index < -0.39 is 0 Å². The van der Waals surface area contributed by atoms with E-state index in [9.17, 15) is 15.0 Å². The third-order valence-electron chi connectivity index (χ3n) is 3.17. The van der Waals surface area contributed by atoms with Gasteiger partial charge in [0.1, 0.15) is 11.5 Å². The normalized spacial score (nSPS) is 16.4. The highest BCUT2D eigenvalue weighted by Gasteiger charge is 2.15. The standard InChI is InChI=1S/C13H18N2O3/c16-11-5-10(6-12(17)7-11)13(18)15-8-9-1-3-14-4-2-9/h5-7,9,14,16-17H,1-4,8H2,(H,15,18). The fourth-order valence-corrected chi connectivity index (χ4v) is 2.15. The van der Waals surface area contributed by atoms with Crippen LogP contribution in [0.15, 0.2) is 18.2 Å². The first-order valence-corrected chi connectivity index (χ1v) is 6.17. The molecule has 4 N–H and O–H groups in total. The van der Waals surface area contributed by atoms with Gasteiger partial charge in [0.05, 0.1) is 0 Å². The second kappa shape index (κ2) is 5.73. The van der Waals surface area contributed by atoms with Gasteiger partial charge in [0.2, 0.25) is 0 Å². The predicted octanol–water partition coefficient (Wildman–Crippen LogP) is 0.827. The van der Waals surface area contributed by atoms with Gasteiger partial charge in [-0.05, 0) is 44.0 Å². The van der Waals surface area contributed by atoms with E-state index in [1.54, 1.807) is 0 Å². The molecule has 0 atom stereocenters. The van der Waals surface area contributed by atoms with Crippen molar-refractivity contribution in [1.82, 2.24) is 10.6 Å². The van der Waals surface area contributed by atoms with E-state index in [4.69, 9.17) is 0 Å². The van der Waals surface area contributed by atoms with Gasteiger partial charge in [-0.2, -0.15) is 0 Å². The SMILES string of the molecule is O=C(NCC1CCNCC1)c1cc(O)cc(O)c1. The number of benzene rings is 1. The summed E-state index contributed by atoms with van der Waals surface area (Å²) in [7, 11) is 0. The number of nitrogens with one attached hydrogen (secondary N) is 2. The molecule has 0 bridgehead atoms. The van der Waals surface area contributed by atoms with Crippen LogP contribution in [0.5, 0.6) is 11.5 Å². The molecule has 0 aliphatic carbocycles. The first-order chi connectivity index (χ1) is 8.65. The van der Waals surface area contributed by atoms with Gasteiger partial charge in [0, 0.05) is 18.2 Å². The van der Waals surface area contributed by atoms with Gasteiger partial charge in [0.25, 0.3) is 5.91 Å². The number of phenols is 2. The van der Waals surface area contributed by atoms with Crippen LogP contribution in [0.1, 0.15) is 23.2 Å². The molecular weight excluding hydrogens is 232 g/mol. The molecule has 98 valence electrons. The second-order valence-corrected chi connectivity index (χ2v) is 4.64. The van der Waals surface area contributed by atoms with Gasteiger partial charge >= 0.3 is 0 Å². The van der Waals surface area contributed by atoms with Crippen LogP contribution in [-0.4, -0.2) is 35.8 Å². The minimum absolute atomic E-state index is 0.109. The third kappa shape index (κ3) is 3.37. The quantitative estimate of drug-likeness (QED) is 0.640. The highest BCUT2D eigenvalue weighted by molar-refractivity contribution is 5.95. The largest absolute Gasteiger partial charge is 0.508 e. The molecule has 1 fully saturated rings. The van der Waals surface area contributed by atoms with Crippen molar-refractivity contribution in [3.63, 3.8) is 0 Å². The smallest absolute Gasteiger partial charge is 0.251 e. The molecule has 1 aromatic carbocycles. The maximum absolute atomic E-state index is 11.8. The Morgan fingerprint density at radius 2 is 1.83 bits per heavy atom. The van der Waals surface area contributed by atoms with E-state index >= 15 is 0 Å². The van der Waals surface area contributed by atoms with Gasteiger partial charge in [-0.25, -0.2) is 0 Å². The Balaban J connectivity index is 1.90. The van der Waals surface area contributed by atoms with Crippen molar-refractivity contribution in [1.29, 1.82) is 0 Å². The van der Waals surface area contributed by atoms with E-state index in [2.05, 4.69) is 10.6 Å². The number of piperidine rings is 1. The van der Waals surface area contributed by atoms with Crippen molar-refractivity contribution in [2.24, 2.45) is 5.92 Å². The van der Waals surface area contributed by atoms with Crippen LogP contribution < -0.4 is 10.6 Å². The molecule has 2 rings (SSSR count). The Hall–Kier alpha value is -1.75. The number of hydrogen-bond acceptors (Lipinski definition) is 4. The first kappa shape index (κ1) is 12.7.